The highest BCUT2D eigenvalue weighted by Crippen LogP contribution is 2.17. The Bertz CT molecular complexity index is 355. The third kappa shape index (κ3) is 3.65. The molecule has 1 aromatic rings. The van der Waals surface area contributed by atoms with Gasteiger partial charge in [-0.15, -0.1) is 11.6 Å². The lowest BCUT2D eigenvalue weighted by molar-refractivity contribution is 0.406. The predicted molar refractivity (Wildman–Crippen MR) is 64.6 cm³/mol. The van der Waals surface area contributed by atoms with Gasteiger partial charge in [0.15, 0.2) is 0 Å². The fourth-order valence-corrected chi connectivity index (χ4v) is 1.27. The van der Waals surface area contributed by atoms with Crippen molar-refractivity contribution < 1.29 is 9.13 Å². The van der Waals surface area contributed by atoms with Gasteiger partial charge in [-0.3, -0.25) is 0 Å². The van der Waals surface area contributed by atoms with Gasteiger partial charge in [0, 0.05) is 29.6 Å². The predicted octanol–water partition coefficient (Wildman–Crippen LogP) is 2.94. The van der Waals surface area contributed by atoms with Gasteiger partial charge in [0.05, 0.1) is 7.11 Å². The number of hydrogen-bond acceptors (Lipinski definition) is 2. The van der Waals surface area contributed by atoms with Crippen molar-refractivity contribution in [1.29, 1.82) is 0 Å². The number of hydrogen-bond donors (Lipinski definition) is 1. The number of benzene rings is 1. The standard InChI is InChI=1S/C12H17ClFNO/c1-12(2,8-13)15-7-9-4-5-10(16-3)6-11(9)14/h4-6,15H,7-8H2,1-3H3. The van der Waals surface area contributed by atoms with Crippen LogP contribution in [0.25, 0.3) is 0 Å². The number of rotatable bonds is 5. The molecular formula is C12H17ClFNO. The molecule has 0 aliphatic heterocycles. The number of methoxy groups -OCH3 is 1. The summed E-state index contributed by atoms with van der Waals surface area (Å²) < 4.78 is 18.5. The molecule has 0 aliphatic carbocycles. The Hall–Kier alpha value is -0.800. The maximum atomic E-state index is 13.6. The van der Waals surface area contributed by atoms with Gasteiger partial charge in [0.1, 0.15) is 11.6 Å². The Balaban J connectivity index is 2.68. The van der Waals surface area contributed by atoms with E-state index >= 15 is 0 Å². The van der Waals surface area contributed by atoms with Crippen molar-refractivity contribution in [3.8, 4) is 5.75 Å². The van der Waals surface area contributed by atoms with Gasteiger partial charge in [-0.1, -0.05) is 6.07 Å². The van der Waals surface area contributed by atoms with Crippen LogP contribution in [-0.4, -0.2) is 18.5 Å². The maximum Gasteiger partial charge on any atom is 0.131 e. The molecule has 1 N–H and O–H groups in total. The lowest BCUT2D eigenvalue weighted by Crippen LogP contribution is -2.40. The van der Waals surface area contributed by atoms with E-state index in [0.29, 0.717) is 23.7 Å². The highest BCUT2D eigenvalue weighted by molar-refractivity contribution is 6.18. The zero-order valence-corrected chi connectivity index (χ0v) is 10.6. The monoisotopic (exact) mass is 245 g/mol. The SMILES string of the molecule is COc1ccc(CNC(C)(C)CCl)c(F)c1. The van der Waals surface area contributed by atoms with Crippen molar-refractivity contribution >= 4 is 11.6 Å². The summed E-state index contributed by atoms with van der Waals surface area (Å²) in [5.74, 6) is 0.736. The summed E-state index contributed by atoms with van der Waals surface area (Å²) in [4.78, 5) is 0. The van der Waals surface area contributed by atoms with E-state index in [0.717, 1.165) is 0 Å². The van der Waals surface area contributed by atoms with Crippen molar-refractivity contribution in [1.82, 2.24) is 5.32 Å². The zero-order chi connectivity index (χ0) is 12.2. The lowest BCUT2D eigenvalue weighted by Gasteiger charge is -2.23. The van der Waals surface area contributed by atoms with E-state index in [1.807, 2.05) is 13.8 Å². The van der Waals surface area contributed by atoms with Crippen LogP contribution in [0.3, 0.4) is 0 Å². The second-order valence-corrected chi connectivity index (χ2v) is 4.60. The van der Waals surface area contributed by atoms with Crippen molar-refractivity contribution in [2.24, 2.45) is 0 Å². The highest BCUT2D eigenvalue weighted by Gasteiger charge is 2.15. The second kappa shape index (κ2) is 5.51. The molecule has 0 radical (unpaired) electrons. The summed E-state index contributed by atoms with van der Waals surface area (Å²) in [6, 6.07) is 4.84. The summed E-state index contributed by atoms with van der Waals surface area (Å²) >= 11 is 5.77. The fourth-order valence-electron chi connectivity index (χ4n) is 1.18. The van der Waals surface area contributed by atoms with Crippen LogP contribution in [0, 0.1) is 5.82 Å². The first-order valence-electron chi connectivity index (χ1n) is 5.12. The van der Waals surface area contributed by atoms with E-state index in [9.17, 15) is 4.39 Å². The molecule has 0 bridgehead atoms. The highest BCUT2D eigenvalue weighted by atomic mass is 35.5. The summed E-state index contributed by atoms with van der Waals surface area (Å²) in [6.45, 7) is 4.40. The molecule has 0 atom stereocenters. The summed E-state index contributed by atoms with van der Waals surface area (Å²) in [6.07, 6.45) is 0. The van der Waals surface area contributed by atoms with Crippen LogP contribution in [-0.2, 0) is 6.54 Å². The van der Waals surface area contributed by atoms with Crippen LogP contribution in [0.15, 0.2) is 18.2 Å². The van der Waals surface area contributed by atoms with E-state index in [4.69, 9.17) is 16.3 Å². The van der Waals surface area contributed by atoms with Crippen molar-refractivity contribution in [3.05, 3.63) is 29.6 Å². The molecule has 2 nitrogen and oxygen atoms in total. The summed E-state index contributed by atoms with van der Waals surface area (Å²) in [5, 5.41) is 3.19. The number of halogens is 2. The first-order chi connectivity index (χ1) is 7.48. The minimum atomic E-state index is -0.266. The smallest absolute Gasteiger partial charge is 0.131 e. The first kappa shape index (κ1) is 13.3. The van der Waals surface area contributed by atoms with E-state index in [1.165, 1.54) is 13.2 Å². The minimum absolute atomic E-state index is 0.200. The summed E-state index contributed by atoms with van der Waals surface area (Å²) in [5.41, 5.74) is 0.410. The zero-order valence-electron chi connectivity index (χ0n) is 9.81. The maximum absolute atomic E-state index is 13.6. The van der Waals surface area contributed by atoms with Gasteiger partial charge in [0.2, 0.25) is 0 Å². The molecule has 1 rings (SSSR count). The van der Waals surface area contributed by atoms with Crippen LogP contribution < -0.4 is 10.1 Å². The summed E-state index contributed by atoms with van der Waals surface area (Å²) in [7, 11) is 1.52. The molecule has 0 heterocycles. The molecule has 0 unspecified atom stereocenters. The Labute approximate surface area is 101 Å². The van der Waals surface area contributed by atoms with Crippen LogP contribution in [0.2, 0.25) is 0 Å². The van der Waals surface area contributed by atoms with Crippen molar-refractivity contribution in [3.63, 3.8) is 0 Å². The number of alkyl halides is 1. The average molecular weight is 246 g/mol. The molecule has 0 saturated heterocycles. The third-order valence-corrected chi connectivity index (χ3v) is 3.02. The third-order valence-electron chi connectivity index (χ3n) is 2.35. The molecule has 0 aromatic heterocycles. The largest absolute Gasteiger partial charge is 0.497 e. The molecule has 0 amide bonds. The van der Waals surface area contributed by atoms with Gasteiger partial charge < -0.3 is 10.1 Å². The average Bonchev–Trinajstić information content (AvgIpc) is 2.27. The van der Waals surface area contributed by atoms with E-state index in [1.54, 1.807) is 12.1 Å². The molecule has 4 heteroatoms. The second-order valence-electron chi connectivity index (χ2n) is 4.33. The van der Waals surface area contributed by atoms with Gasteiger partial charge in [-0.2, -0.15) is 0 Å². The topological polar surface area (TPSA) is 21.3 Å². The van der Waals surface area contributed by atoms with Crippen LogP contribution in [0.5, 0.6) is 5.75 Å². The van der Waals surface area contributed by atoms with Gasteiger partial charge in [-0.25, -0.2) is 4.39 Å². The number of nitrogens with one attached hydrogen (secondary N) is 1. The van der Waals surface area contributed by atoms with Crippen molar-refractivity contribution in [2.45, 2.75) is 25.9 Å². The van der Waals surface area contributed by atoms with Crippen LogP contribution >= 0.6 is 11.6 Å². The Morgan fingerprint density at radius 2 is 2.12 bits per heavy atom. The first-order valence-corrected chi connectivity index (χ1v) is 5.65. The van der Waals surface area contributed by atoms with Crippen molar-refractivity contribution in [2.75, 3.05) is 13.0 Å². The van der Waals surface area contributed by atoms with E-state index < -0.39 is 0 Å². The van der Waals surface area contributed by atoms with E-state index in [-0.39, 0.29) is 11.4 Å². The Morgan fingerprint density at radius 1 is 1.44 bits per heavy atom. The quantitative estimate of drug-likeness (QED) is 0.806. The molecule has 1 aromatic carbocycles. The molecule has 90 valence electrons. The molecule has 0 saturated carbocycles. The molecule has 16 heavy (non-hydrogen) atoms. The fraction of sp³-hybridized carbons (Fsp3) is 0.500. The molecule has 0 spiro atoms. The normalized spacial score (nSPS) is 11.6. The van der Waals surface area contributed by atoms with Crippen LogP contribution in [0.1, 0.15) is 19.4 Å². The lowest BCUT2D eigenvalue weighted by atomic mass is 10.1. The molecule has 0 aliphatic rings. The van der Waals surface area contributed by atoms with Gasteiger partial charge in [0.25, 0.3) is 0 Å². The minimum Gasteiger partial charge on any atom is -0.497 e. The molecular weight excluding hydrogens is 229 g/mol. The molecule has 0 fully saturated rings. The van der Waals surface area contributed by atoms with Gasteiger partial charge in [-0.05, 0) is 19.9 Å². The Kier molecular flexibility index (Phi) is 4.56. The van der Waals surface area contributed by atoms with E-state index in [2.05, 4.69) is 5.32 Å². The number of ether oxygens (including phenoxy) is 1. The Morgan fingerprint density at radius 3 is 2.62 bits per heavy atom. The van der Waals surface area contributed by atoms with Crippen LogP contribution in [0.4, 0.5) is 4.39 Å². The van der Waals surface area contributed by atoms with Gasteiger partial charge >= 0.3 is 0 Å².